The first-order chi connectivity index (χ1) is 13.2. The number of rotatable bonds is 3. The minimum Gasteiger partial charge on any atom is -0.471 e. The fourth-order valence-corrected chi connectivity index (χ4v) is 3.07. The van der Waals surface area contributed by atoms with Crippen LogP contribution >= 0.6 is 0 Å². The quantitative estimate of drug-likeness (QED) is 0.704. The standard InChI is InChI=1S/C19H16N6O2/c20-8-14-3-4-18(21-9-14)27-17-12-24-7-1-2-16(24)11-25(13-17)19(26)15-5-6-22-23-10-15/h1-7,9-10,17H,11-13H2. The second-order valence-electron chi connectivity index (χ2n) is 6.21. The third-order valence-electron chi connectivity index (χ3n) is 4.37. The lowest BCUT2D eigenvalue weighted by Gasteiger charge is -2.24. The Bertz CT molecular complexity index is 977. The van der Waals surface area contributed by atoms with Crippen LogP contribution in [0, 0.1) is 11.3 Å². The van der Waals surface area contributed by atoms with Crippen LogP contribution in [0.25, 0.3) is 0 Å². The SMILES string of the molecule is N#Cc1ccc(OC2CN(C(=O)c3ccnnc3)Cc3cccn3C2)nc1. The van der Waals surface area contributed by atoms with Crippen molar-refractivity contribution < 1.29 is 9.53 Å². The van der Waals surface area contributed by atoms with Gasteiger partial charge < -0.3 is 14.2 Å². The van der Waals surface area contributed by atoms with Crippen LogP contribution in [0.5, 0.6) is 5.88 Å². The summed E-state index contributed by atoms with van der Waals surface area (Å²) in [5.74, 6) is 0.300. The lowest BCUT2D eigenvalue weighted by atomic mass is 10.2. The Balaban J connectivity index is 1.58. The molecule has 1 aliphatic rings. The molecule has 0 spiro atoms. The van der Waals surface area contributed by atoms with E-state index in [9.17, 15) is 4.79 Å². The van der Waals surface area contributed by atoms with Gasteiger partial charge >= 0.3 is 0 Å². The van der Waals surface area contributed by atoms with Gasteiger partial charge in [0.05, 0.1) is 43.2 Å². The Morgan fingerprint density at radius 3 is 2.85 bits per heavy atom. The van der Waals surface area contributed by atoms with Gasteiger partial charge in [-0.3, -0.25) is 4.79 Å². The minimum absolute atomic E-state index is 0.124. The van der Waals surface area contributed by atoms with E-state index in [0.717, 1.165) is 5.69 Å². The van der Waals surface area contributed by atoms with Crippen LogP contribution in [0.4, 0.5) is 0 Å². The van der Waals surface area contributed by atoms with Crippen molar-refractivity contribution in [3.63, 3.8) is 0 Å². The fraction of sp³-hybridized carbons (Fsp3) is 0.211. The van der Waals surface area contributed by atoms with Crippen LogP contribution in [0.3, 0.4) is 0 Å². The molecule has 1 unspecified atom stereocenters. The van der Waals surface area contributed by atoms with E-state index in [2.05, 4.69) is 19.7 Å². The van der Waals surface area contributed by atoms with E-state index < -0.39 is 0 Å². The molecule has 0 bridgehead atoms. The number of carbonyl (C=O) groups is 1. The van der Waals surface area contributed by atoms with Crippen LogP contribution in [0.1, 0.15) is 21.6 Å². The van der Waals surface area contributed by atoms with Gasteiger partial charge in [0.15, 0.2) is 0 Å². The van der Waals surface area contributed by atoms with Crippen molar-refractivity contribution in [2.75, 3.05) is 6.54 Å². The van der Waals surface area contributed by atoms with Crippen LogP contribution < -0.4 is 4.74 Å². The summed E-state index contributed by atoms with van der Waals surface area (Å²) < 4.78 is 8.09. The molecular formula is C19H16N6O2. The maximum atomic E-state index is 12.9. The van der Waals surface area contributed by atoms with E-state index in [1.165, 1.54) is 18.6 Å². The second kappa shape index (κ2) is 7.25. The van der Waals surface area contributed by atoms with Gasteiger partial charge in [-0.15, -0.1) is 0 Å². The summed E-state index contributed by atoms with van der Waals surface area (Å²) in [5, 5.41) is 16.4. The molecule has 1 atom stereocenters. The first-order valence-electron chi connectivity index (χ1n) is 8.46. The number of hydrogen-bond donors (Lipinski definition) is 0. The molecule has 0 fully saturated rings. The zero-order chi connectivity index (χ0) is 18.6. The number of nitriles is 1. The number of hydrogen-bond acceptors (Lipinski definition) is 6. The van der Waals surface area contributed by atoms with E-state index in [-0.39, 0.29) is 12.0 Å². The maximum absolute atomic E-state index is 12.9. The summed E-state index contributed by atoms with van der Waals surface area (Å²) in [5.41, 5.74) is 1.99. The number of carbonyl (C=O) groups excluding carboxylic acids is 1. The van der Waals surface area contributed by atoms with Crippen LogP contribution in [-0.4, -0.2) is 43.2 Å². The normalized spacial score (nSPS) is 16.1. The zero-order valence-electron chi connectivity index (χ0n) is 14.4. The molecule has 8 nitrogen and oxygen atoms in total. The molecule has 0 radical (unpaired) electrons. The van der Waals surface area contributed by atoms with Gasteiger partial charge in [-0.25, -0.2) is 4.98 Å². The van der Waals surface area contributed by atoms with E-state index in [4.69, 9.17) is 10.00 Å². The summed E-state index contributed by atoms with van der Waals surface area (Å²) in [6.07, 6.45) is 6.13. The van der Waals surface area contributed by atoms with Gasteiger partial charge in [0.2, 0.25) is 5.88 Å². The Morgan fingerprint density at radius 2 is 2.11 bits per heavy atom. The Kier molecular flexibility index (Phi) is 4.49. The Hall–Kier alpha value is -3.73. The molecular weight excluding hydrogens is 344 g/mol. The van der Waals surface area contributed by atoms with E-state index in [1.807, 2.05) is 24.4 Å². The molecule has 8 heteroatoms. The predicted octanol–water partition coefficient (Wildman–Crippen LogP) is 1.65. The third kappa shape index (κ3) is 3.62. The van der Waals surface area contributed by atoms with Crippen LogP contribution in [0.15, 0.2) is 55.1 Å². The monoisotopic (exact) mass is 360 g/mol. The highest BCUT2D eigenvalue weighted by atomic mass is 16.5. The molecule has 0 aromatic carbocycles. The van der Waals surface area contributed by atoms with Crippen molar-refractivity contribution in [3.05, 3.63) is 71.9 Å². The first-order valence-corrected chi connectivity index (χ1v) is 8.46. The van der Waals surface area contributed by atoms with Crippen molar-refractivity contribution in [1.82, 2.24) is 24.6 Å². The smallest absolute Gasteiger partial charge is 0.256 e. The summed E-state index contributed by atoms with van der Waals surface area (Å²) >= 11 is 0. The highest BCUT2D eigenvalue weighted by Gasteiger charge is 2.27. The number of pyridine rings is 1. The lowest BCUT2D eigenvalue weighted by molar-refractivity contribution is 0.0645. The summed E-state index contributed by atoms with van der Waals surface area (Å²) in [4.78, 5) is 18.8. The van der Waals surface area contributed by atoms with Gasteiger partial charge in [-0.1, -0.05) is 0 Å². The minimum atomic E-state index is -0.280. The molecule has 134 valence electrons. The molecule has 0 saturated carbocycles. The highest BCUT2D eigenvalue weighted by molar-refractivity contribution is 5.93. The van der Waals surface area contributed by atoms with Crippen molar-refractivity contribution in [1.29, 1.82) is 5.26 Å². The Labute approximate surface area is 155 Å². The number of fused-ring (bicyclic) bond motifs is 1. The van der Waals surface area contributed by atoms with Crippen LogP contribution in [-0.2, 0) is 13.1 Å². The average Bonchev–Trinajstić information content (AvgIpc) is 3.07. The summed E-state index contributed by atoms with van der Waals surface area (Å²) in [7, 11) is 0. The molecule has 27 heavy (non-hydrogen) atoms. The highest BCUT2D eigenvalue weighted by Crippen LogP contribution is 2.19. The molecule has 1 aliphatic heterocycles. The average molecular weight is 360 g/mol. The predicted molar refractivity (Wildman–Crippen MR) is 94.6 cm³/mol. The van der Waals surface area contributed by atoms with Crippen molar-refractivity contribution in [3.8, 4) is 11.9 Å². The molecule has 3 aromatic rings. The number of amides is 1. The second-order valence-corrected chi connectivity index (χ2v) is 6.21. The van der Waals surface area contributed by atoms with Crippen molar-refractivity contribution in [2.24, 2.45) is 0 Å². The summed E-state index contributed by atoms with van der Waals surface area (Å²) in [6, 6.07) is 11.0. The number of ether oxygens (including phenoxy) is 1. The molecule has 3 aromatic heterocycles. The summed E-state index contributed by atoms with van der Waals surface area (Å²) in [6.45, 7) is 1.49. The molecule has 1 amide bonds. The van der Waals surface area contributed by atoms with Gasteiger partial charge in [0.25, 0.3) is 5.91 Å². The molecule has 0 saturated heterocycles. The van der Waals surface area contributed by atoms with E-state index in [0.29, 0.717) is 36.6 Å². The topological polar surface area (TPSA) is 96.9 Å². The number of nitrogens with zero attached hydrogens (tertiary/aromatic N) is 6. The number of aromatic nitrogens is 4. The zero-order valence-corrected chi connectivity index (χ0v) is 14.4. The third-order valence-corrected chi connectivity index (χ3v) is 4.37. The van der Waals surface area contributed by atoms with E-state index in [1.54, 1.807) is 23.1 Å². The van der Waals surface area contributed by atoms with Crippen molar-refractivity contribution >= 4 is 5.91 Å². The maximum Gasteiger partial charge on any atom is 0.256 e. The van der Waals surface area contributed by atoms with Gasteiger partial charge in [0, 0.05) is 24.2 Å². The van der Waals surface area contributed by atoms with Gasteiger partial charge in [-0.05, 0) is 24.3 Å². The van der Waals surface area contributed by atoms with Crippen molar-refractivity contribution in [2.45, 2.75) is 19.2 Å². The van der Waals surface area contributed by atoms with Crippen LogP contribution in [0.2, 0.25) is 0 Å². The molecule has 4 rings (SSSR count). The fourth-order valence-electron chi connectivity index (χ4n) is 3.07. The Morgan fingerprint density at radius 1 is 1.19 bits per heavy atom. The largest absolute Gasteiger partial charge is 0.471 e. The van der Waals surface area contributed by atoms with Gasteiger partial charge in [0.1, 0.15) is 12.2 Å². The van der Waals surface area contributed by atoms with E-state index >= 15 is 0 Å². The molecule has 0 aliphatic carbocycles. The molecule has 0 N–H and O–H groups in total. The lowest BCUT2D eigenvalue weighted by Crippen LogP contribution is -2.38. The van der Waals surface area contributed by atoms with Gasteiger partial charge in [-0.2, -0.15) is 15.5 Å². The molecule has 4 heterocycles. The first kappa shape index (κ1) is 16.7.